The van der Waals surface area contributed by atoms with E-state index in [0.29, 0.717) is 11.7 Å². The van der Waals surface area contributed by atoms with Gasteiger partial charge in [-0.05, 0) is 36.8 Å². The van der Waals surface area contributed by atoms with E-state index in [1.165, 1.54) is 4.91 Å². The molecule has 3 heteroatoms. The maximum absolute atomic E-state index is 12.4. The van der Waals surface area contributed by atoms with Crippen molar-refractivity contribution in [3.05, 3.63) is 10.5 Å². The summed E-state index contributed by atoms with van der Waals surface area (Å²) in [7, 11) is 0. The Hall–Kier alpha value is -0.280. The average Bonchev–Trinajstić information content (AvgIpc) is 2.45. The smallest absolute Gasteiger partial charge is 0.152 e. The summed E-state index contributed by atoms with van der Waals surface area (Å²) in [5.41, 5.74) is 1.33. The Balaban J connectivity index is 2.15. The minimum Gasteiger partial charge on any atom is -0.316 e. The van der Waals surface area contributed by atoms with E-state index in [1.807, 2.05) is 32.5 Å². The molecule has 2 aliphatic rings. The molecule has 0 radical (unpaired) electrons. The summed E-state index contributed by atoms with van der Waals surface area (Å²) in [5.74, 6) is 0.845. The van der Waals surface area contributed by atoms with Crippen molar-refractivity contribution in [3.63, 3.8) is 0 Å². The normalized spacial score (nSPS) is 30.1. The van der Waals surface area contributed by atoms with E-state index in [1.54, 1.807) is 5.57 Å². The van der Waals surface area contributed by atoms with Crippen LogP contribution in [0, 0.1) is 11.3 Å². The van der Waals surface area contributed by atoms with Crippen LogP contribution in [-0.2, 0) is 4.79 Å². The number of ketones is 1. The van der Waals surface area contributed by atoms with Gasteiger partial charge in [0.2, 0.25) is 0 Å². The van der Waals surface area contributed by atoms with Crippen LogP contribution < -0.4 is 5.32 Å². The number of nitrogens with one attached hydrogen (secondary N) is 1. The lowest BCUT2D eigenvalue weighted by Gasteiger charge is -2.25. The summed E-state index contributed by atoms with van der Waals surface area (Å²) in [6.45, 7) is 10.5. The van der Waals surface area contributed by atoms with Crippen LogP contribution >= 0.6 is 11.8 Å². The Morgan fingerprint density at radius 3 is 2.59 bits per heavy atom. The van der Waals surface area contributed by atoms with E-state index in [9.17, 15) is 4.79 Å². The zero-order chi connectivity index (χ0) is 12.6. The number of Topliss-reactive ketones (excluding diaryl/α,β-unsaturated/α-hetero) is 1. The van der Waals surface area contributed by atoms with Crippen molar-refractivity contribution in [2.24, 2.45) is 11.3 Å². The number of hydrogen-bond donors (Lipinski definition) is 1. The van der Waals surface area contributed by atoms with Crippen LogP contribution in [0.5, 0.6) is 0 Å². The van der Waals surface area contributed by atoms with Crippen LogP contribution in [0.1, 0.15) is 40.5 Å². The molecular formula is C14H23NOS. The lowest BCUT2D eigenvalue weighted by molar-refractivity contribution is -0.126. The third-order valence-corrected chi connectivity index (χ3v) is 5.36. The van der Waals surface area contributed by atoms with E-state index in [4.69, 9.17) is 0 Å². The van der Waals surface area contributed by atoms with E-state index in [2.05, 4.69) is 12.2 Å². The summed E-state index contributed by atoms with van der Waals surface area (Å²) in [4.78, 5) is 13.9. The SMILES string of the molecule is CC1C2=C(CCNCC2)SC1C(=O)C(C)(C)C. The molecule has 2 rings (SSSR count). The van der Waals surface area contributed by atoms with Gasteiger partial charge in [0, 0.05) is 5.41 Å². The van der Waals surface area contributed by atoms with Gasteiger partial charge in [-0.3, -0.25) is 4.79 Å². The number of hydrogen-bond acceptors (Lipinski definition) is 3. The third kappa shape index (κ3) is 2.60. The number of rotatable bonds is 1. The van der Waals surface area contributed by atoms with Gasteiger partial charge in [0.1, 0.15) is 0 Å². The van der Waals surface area contributed by atoms with E-state index in [0.717, 1.165) is 25.9 Å². The first kappa shape index (κ1) is 13.2. The fraction of sp³-hybridized carbons (Fsp3) is 0.786. The van der Waals surface area contributed by atoms with Crippen molar-refractivity contribution in [2.75, 3.05) is 13.1 Å². The van der Waals surface area contributed by atoms with Crippen molar-refractivity contribution in [1.82, 2.24) is 5.32 Å². The van der Waals surface area contributed by atoms with E-state index >= 15 is 0 Å². The highest BCUT2D eigenvalue weighted by Gasteiger charge is 2.40. The van der Waals surface area contributed by atoms with Crippen LogP contribution in [0.3, 0.4) is 0 Å². The van der Waals surface area contributed by atoms with Gasteiger partial charge in [-0.15, -0.1) is 11.8 Å². The minimum absolute atomic E-state index is 0.165. The van der Waals surface area contributed by atoms with Crippen LogP contribution in [0.4, 0.5) is 0 Å². The van der Waals surface area contributed by atoms with Gasteiger partial charge in [-0.2, -0.15) is 0 Å². The first-order valence-corrected chi connectivity index (χ1v) is 7.43. The van der Waals surface area contributed by atoms with Crippen molar-refractivity contribution in [2.45, 2.75) is 45.8 Å². The Kier molecular flexibility index (Phi) is 3.69. The predicted molar refractivity (Wildman–Crippen MR) is 74.1 cm³/mol. The quantitative estimate of drug-likeness (QED) is 0.779. The second-order valence-electron chi connectivity index (χ2n) is 6.14. The van der Waals surface area contributed by atoms with Crippen molar-refractivity contribution >= 4 is 17.5 Å². The predicted octanol–water partition coefficient (Wildman–Crippen LogP) is 2.99. The highest BCUT2D eigenvalue weighted by Crippen LogP contribution is 2.47. The number of carbonyl (C=O) groups is 1. The lowest BCUT2D eigenvalue weighted by atomic mass is 9.82. The fourth-order valence-corrected chi connectivity index (χ4v) is 4.41. The molecule has 2 aliphatic heterocycles. The number of carbonyl (C=O) groups excluding carboxylic acids is 1. The largest absolute Gasteiger partial charge is 0.316 e. The Morgan fingerprint density at radius 1 is 1.29 bits per heavy atom. The van der Waals surface area contributed by atoms with E-state index < -0.39 is 0 Å². The monoisotopic (exact) mass is 253 g/mol. The molecule has 1 N–H and O–H groups in total. The molecule has 0 bridgehead atoms. The second kappa shape index (κ2) is 4.77. The Bertz CT molecular complexity index is 354. The number of thioether (sulfide) groups is 1. The summed E-state index contributed by atoms with van der Waals surface area (Å²) in [6.07, 6.45) is 2.23. The Morgan fingerprint density at radius 2 is 1.94 bits per heavy atom. The molecule has 2 nitrogen and oxygen atoms in total. The maximum Gasteiger partial charge on any atom is 0.152 e. The highest BCUT2D eigenvalue weighted by atomic mass is 32.2. The molecule has 2 atom stereocenters. The molecule has 17 heavy (non-hydrogen) atoms. The summed E-state index contributed by atoms with van der Waals surface area (Å²) >= 11 is 1.84. The lowest BCUT2D eigenvalue weighted by Crippen LogP contribution is -2.33. The fourth-order valence-electron chi connectivity index (χ4n) is 2.61. The van der Waals surface area contributed by atoms with Crippen molar-refractivity contribution in [3.8, 4) is 0 Å². The first-order valence-electron chi connectivity index (χ1n) is 6.55. The summed E-state index contributed by atoms with van der Waals surface area (Å²) in [6, 6.07) is 0. The molecule has 0 amide bonds. The van der Waals surface area contributed by atoms with Gasteiger partial charge >= 0.3 is 0 Å². The second-order valence-corrected chi connectivity index (χ2v) is 7.38. The molecular weight excluding hydrogens is 230 g/mol. The van der Waals surface area contributed by atoms with Crippen LogP contribution in [0.2, 0.25) is 0 Å². The van der Waals surface area contributed by atoms with Gasteiger partial charge in [0.25, 0.3) is 0 Å². The van der Waals surface area contributed by atoms with Gasteiger partial charge < -0.3 is 5.32 Å². The van der Waals surface area contributed by atoms with Gasteiger partial charge in [-0.25, -0.2) is 0 Å². The van der Waals surface area contributed by atoms with Crippen molar-refractivity contribution < 1.29 is 4.79 Å². The molecule has 0 aromatic carbocycles. The molecule has 0 aromatic rings. The summed E-state index contributed by atoms with van der Waals surface area (Å²) in [5, 5.41) is 3.60. The minimum atomic E-state index is -0.213. The van der Waals surface area contributed by atoms with E-state index in [-0.39, 0.29) is 10.7 Å². The zero-order valence-electron chi connectivity index (χ0n) is 11.3. The Labute approximate surface area is 109 Å². The van der Waals surface area contributed by atoms with Gasteiger partial charge in [0.15, 0.2) is 5.78 Å². The average molecular weight is 253 g/mol. The van der Waals surface area contributed by atoms with Gasteiger partial charge in [0.05, 0.1) is 5.25 Å². The standard InChI is InChI=1S/C14H23NOS/c1-9-10-5-7-15-8-6-11(10)17-12(9)13(16)14(2,3)4/h9,12,15H,5-8H2,1-4H3. The molecule has 2 unspecified atom stereocenters. The molecule has 96 valence electrons. The third-order valence-electron chi connectivity index (χ3n) is 3.73. The van der Waals surface area contributed by atoms with Crippen LogP contribution in [0.15, 0.2) is 10.5 Å². The first-order chi connectivity index (χ1) is 7.91. The molecule has 0 saturated heterocycles. The van der Waals surface area contributed by atoms with Crippen molar-refractivity contribution in [1.29, 1.82) is 0 Å². The van der Waals surface area contributed by atoms with Crippen LogP contribution in [-0.4, -0.2) is 24.1 Å². The molecule has 0 aliphatic carbocycles. The maximum atomic E-state index is 12.4. The molecule has 0 aromatic heterocycles. The van der Waals surface area contributed by atoms with Crippen LogP contribution in [0.25, 0.3) is 0 Å². The topological polar surface area (TPSA) is 29.1 Å². The van der Waals surface area contributed by atoms with Gasteiger partial charge in [-0.1, -0.05) is 33.3 Å². The summed E-state index contributed by atoms with van der Waals surface area (Å²) < 4.78 is 0. The molecule has 2 heterocycles. The zero-order valence-corrected chi connectivity index (χ0v) is 12.1. The highest BCUT2D eigenvalue weighted by molar-refractivity contribution is 8.04. The molecule has 0 spiro atoms. The molecule has 0 fully saturated rings. The molecule has 0 saturated carbocycles.